The predicted octanol–water partition coefficient (Wildman–Crippen LogP) is 5.15. The Labute approximate surface area is 179 Å². The Morgan fingerprint density at radius 1 is 1.00 bits per heavy atom. The van der Waals surface area contributed by atoms with E-state index in [0.717, 1.165) is 36.8 Å². The zero-order chi connectivity index (χ0) is 17.8. The van der Waals surface area contributed by atoms with E-state index in [1.165, 1.54) is 22.2 Å². The lowest BCUT2D eigenvalue weighted by molar-refractivity contribution is 0.400. The van der Waals surface area contributed by atoms with Gasteiger partial charge in [-0.2, -0.15) is 0 Å². The Kier molecular flexibility index (Phi) is 9.65. The highest BCUT2D eigenvalue weighted by Crippen LogP contribution is 2.28. The van der Waals surface area contributed by atoms with E-state index in [0.29, 0.717) is 0 Å². The lowest BCUT2D eigenvalue weighted by Gasteiger charge is -2.12. The Morgan fingerprint density at radius 3 is 2.37 bits per heavy atom. The van der Waals surface area contributed by atoms with E-state index in [-0.39, 0.29) is 24.8 Å². The maximum atomic E-state index is 6.39. The van der Waals surface area contributed by atoms with Gasteiger partial charge in [-0.1, -0.05) is 48.0 Å². The summed E-state index contributed by atoms with van der Waals surface area (Å²) in [7, 11) is 4.20. The molecule has 0 spiro atoms. The third-order valence-electron chi connectivity index (χ3n) is 4.69. The van der Waals surface area contributed by atoms with Crippen LogP contribution in [0.1, 0.15) is 16.8 Å². The van der Waals surface area contributed by atoms with Crippen molar-refractivity contribution in [2.24, 2.45) is 0 Å². The predicted molar refractivity (Wildman–Crippen MR) is 122 cm³/mol. The summed E-state index contributed by atoms with van der Waals surface area (Å²) in [5.74, 6) is 0. The summed E-state index contributed by atoms with van der Waals surface area (Å²) in [5.41, 5.74) is 5.10. The molecular weight excluding hydrogens is 401 g/mol. The summed E-state index contributed by atoms with van der Waals surface area (Å²) in [6.07, 6.45) is 0. The lowest BCUT2D eigenvalue weighted by atomic mass is 10.1. The van der Waals surface area contributed by atoms with Gasteiger partial charge in [0.15, 0.2) is 0 Å². The van der Waals surface area contributed by atoms with Crippen LogP contribution in [0.5, 0.6) is 0 Å². The van der Waals surface area contributed by atoms with Gasteiger partial charge in [0.25, 0.3) is 0 Å². The normalized spacial score (nSPS) is 10.7. The standard InChI is InChI=1S/C21H26ClN3.2ClH/c1-16-19(14-23-12-13-24(2)3)18-9-5-7-11-21(18)25(16)15-17-8-4-6-10-20(17)22;;/h4-11,23H,12-15H2,1-3H3;2*1H. The van der Waals surface area contributed by atoms with Gasteiger partial charge in [0.2, 0.25) is 0 Å². The summed E-state index contributed by atoms with van der Waals surface area (Å²) >= 11 is 6.39. The molecule has 6 heteroatoms. The van der Waals surface area contributed by atoms with E-state index in [1.807, 2.05) is 18.2 Å². The van der Waals surface area contributed by atoms with Crippen LogP contribution in [-0.2, 0) is 13.1 Å². The Hall–Kier alpha value is -1.23. The number of aromatic nitrogens is 1. The quantitative estimate of drug-likeness (QED) is 0.525. The van der Waals surface area contributed by atoms with Gasteiger partial charge in [0.05, 0.1) is 0 Å². The smallest absolute Gasteiger partial charge is 0.0493 e. The number of benzene rings is 2. The second kappa shape index (κ2) is 10.9. The molecule has 2 aromatic carbocycles. The van der Waals surface area contributed by atoms with Crippen LogP contribution in [0.3, 0.4) is 0 Å². The highest BCUT2D eigenvalue weighted by atomic mass is 35.5. The molecule has 0 atom stereocenters. The highest BCUT2D eigenvalue weighted by molar-refractivity contribution is 6.31. The van der Waals surface area contributed by atoms with E-state index in [4.69, 9.17) is 11.6 Å². The second-order valence-electron chi connectivity index (χ2n) is 6.74. The summed E-state index contributed by atoms with van der Waals surface area (Å²) in [6, 6.07) is 16.7. The average molecular weight is 429 g/mol. The Bertz CT molecular complexity index is 859. The van der Waals surface area contributed by atoms with Crippen molar-refractivity contribution in [2.75, 3.05) is 27.2 Å². The fourth-order valence-corrected chi connectivity index (χ4v) is 3.44. The van der Waals surface area contributed by atoms with E-state index in [1.54, 1.807) is 0 Å². The number of halogens is 3. The highest BCUT2D eigenvalue weighted by Gasteiger charge is 2.14. The molecule has 0 fully saturated rings. The zero-order valence-corrected chi connectivity index (χ0v) is 18.4. The van der Waals surface area contributed by atoms with Crippen LogP contribution in [0.25, 0.3) is 10.9 Å². The number of likely N-dealkylation sites (N-methyl/N-ethyl adjacent to an activating group) is 1. The molecular formula is C21H28Cl3N3. The van der Waals surface area contributed by atoms with Crippen LogP contribution in [-0.4, -0.2) is 36.7 Å². The van der Waals surface area contributed by atoms with Crippen molar-refractivity contribution in [3.05, 3.63) is 70.4 Å². The maximum Gasteiger partial charge on any atom is 0.0493 e. The number of nitrogens with one attached hydrogen (secondary N) is 1. The van der Waals surface area contributed by atoms with E-state index in [9.17, 15) is 0 Å². The van der Waals surface area contributed by atoms with Gasteiger partial charge >= 0.3 is 0 Å². The van der Waals surface area contributed by atoms with Gasteiger partial charge in [0.1, 0.15) is 0 Å². The first-order chi connectivity index (χ1) is 12.1. The van der Waals surface area contributed by atoms with Crippen molar-refractivity contribution in [1.29, 1.82) is 0 Å². The molecule has 1 aromatic heterocycles. The minimum Gasteiger partial charge on any atom is -0.340 e. The maximum absolute atomic E-state index is 6.39. The number of nitrogens with zero attached hydrogens (tertiary/aromatic N) is 2. The molecule has 0 aliphatic heterocycles. The molecule has 0 saturated heterocycles. The number of hydrogen-bond acceptors (Lipinski definition) is 2. The van der Waals surface area contributed by atoms with Gasteiger partial charge in [0, 0.05) is 47.8 Å². The van der Waals surface area contributed by atoms with E-state index >= 15 is 0 Å². The third kappa shape index (κ3) is 5.63. The fraction of sp³-hybridized carbons (Fsp3) is 0.333. The molecule has 148 valence electrons. The first-order valence-electron chi connectivity index (χ1n) is 8.73. The Balaban J connectivity index is 0.00000182. The van der Waals surface area contributed by atoms with Crippen molar-refractivity contribution < 1.29 is 0 Å². The van der Waals surface area contributed by atoms with E-state index in [2.05, 4.69) is 66.1 Å². The van der Waals surface area contributed by atoms with Gasteiger partial charge in [-0.15, -0.1) is 24.8 Å². The van der Waals surface area contributed by atoms with Crippen molar-refractivity contribution in [3.8, 4) is 0 Å². The number of fused-ring (bicyclic) bond motifs is 1. The molecule has 3 aromatic rings. The molecule has 3 nitrogen and oxygen atoms in total. The number of rotatable bonds is 7. The largest absolute Gasteiger partial charge is 0.340 e. The van der Waals surface area contributed by atoms with Crippen LogP contribution in [0.15, 0.2) is 48.5 Å². The van der Waals surface area contributed by atoms with Crippen LogP contribution >= 0.6 is 36.4 Å². The van der Waals surface area contributed by atoms with Gasteiger partial charge in [-0.3, -0.25) is 0 Å². The molecule has 1 N–H and O–H groups in total. The van der Waals surface area contributed by atoms with Crippen LogP contribution in [0.4, 0.5) is 0 Å². The minimum absolute atomic E-state index is 0. The van der Waals surface area contributed by atoms with Crippen molar-refractivity contribution in [2.45, 2.75) is 20.0 Å². The average Bonchev–Trinajstić information content (AvgIpc) is 2.86. The van der Waals surface area contributed by atoms with Crippen LogP contribution in [0, 0.1) is 6.92 Å². The monoisotopic (exact) mass is 427 g/mol. The SMILES string of the molecule is Cc1c(CNCCN(C)C)c2ccccc2n1Cc1ccccc1Cl.Cl.Cl. The molecule has 0 bridgehead atoms. The molecule has 0 radical (unpaired) electrons. The van der Waals surface area contributed by atoms with Crippen LogP contribution in [0.2, 0.25) is 5.02 Å². The molecule has 3 rings (SSSR count). The third-order valence-corrected chi connectivity index (χ3v) is 5.05. The fourth-order valence-electron chi connectivity index (χ4n) is 3.24. The summed E-state index contributed by atoms with van der Waals surface area (Å²) in [6.45, 7) is 5.91. The summed E-state index contributed by atoms with van der Waals surface area (Å²) in [4.78, 5) is 2.19. The van der Waals surface area contributed by atoms with Gasteiger partial charge in [-0.05, 0) is 44.3 Å². The van der Waals surface area contributed by atoms with Crippen molar-refractivity contribution in [1.82, 2.24) is 14.8 Å². The molecule has 0 aliphatic carbocycles. The molecule has 27 heavy (non-hydrogen) atoms. The molecule has 0 saturated carbocycles. The minimum atomic E-state index is 0. The molecule has 0 aliphatic rings. The first kappa shape index (κ1) is 23.8. The summed E-state index contributed by atoms with van der Waals surface area (Å²) < 4.78 is 2.37. The van der Waals surface area contributed by atoms with Crippen molar-refractivity contribution in [3.63, 3.8) is 0 Å². The topological polar surface area (TPSA) is 20.2 Å². The van der Waals surface area contributed by atoms with E-state index < -0.39 is 0 Å². The summed E-state index contributed by atoms with van der Waals surface area (Å²) in [5, 5.41) is 5.72. The van der Waals surface area contributed by atoms with Gasteiger partial charge in [-0.25, -0.2) is 0 Å². The Morgan fingerprint density at radius 2 is 1.67 bits per heavy atom. The number of hydrogen-bond donors (Lipinski definition) is 1. The molecule has 0 amide bonds. The van der Waals surface area contributed by atoms with Gasteiger partial charge < -0.3 is 14.8 Å². The van der Waals surface area contributed by atoms with Crippen LogP contribution < -0.4 is 5.32 Å². The first-order valence-corrected chi connectivity index (χ1v) is 9.11. The second-order valence-corrected chi connectivity index (χ2v) is 7.15. The molecule has 0 unspecified atom stereocenters. The zero-order valence-electron chi connectivity index (χ0n) is 16.0. The lowest BCUT2D eigenvalue weighted by Crippen LogP contribution is -2.26. The molecule has 1 heterocycles. The number of para-hydroxylation sites is 1. The van der Waals surface area contributed by atoms with Crippen molar-refractivity contribution >= 4 is 47.3 Å².